The Labute approximate surface area is 186 Å². The Hall–Kier alpha value is -3.31. The summed E-state index contributed by atoms with van der Waals surface area (Å²) in [7, 11) is 0. The lowest BCUT2D eigenvalue weighted by Crippen LogP contribution is -2.52. The van der Waals surface area contributed by atoms with E-state index in [9.17, 15) is 14.0 Å². The van der Waals surface area contributed by atoms with Crippen LogP contribution in [0.3, 0.4) is 0 Å². The van der Waals surface area contributed by atoms with Gasteiger partial charge in [-0.15, -0.1) is 0 Å². The quantitative estimate of drug-likeness (QED) is 0.724. The van der Waals surface area contributed by atoms with Gasteiger partial charge in [-0.05, 0) is 56.0 Å². The summed E-state index contributed by atoms with van der Waals surface area (Å²) >= 11 is 0. The van der Waals surface area contributed by atoms with Gasteiger partial charge in [0.15, 0.2) is 0 Å². The van der Waals surface area contributed by atoms with Crippen LogP contribution >= 0.6 is 0 Å². The number of aryl methyl sites for hydroxylation is 1. The first-order chi connectivity index (χ1) is 15.4. The van der Waals surface area contributed by atoms with E-state index in [4.69, 9.17) is 10.00 Å². The number of cyclic esters (lactones) is 1. The van der Waals surface area contributed by atoms with Crippen molar-refractivity contribution in [2.24, 2.45) is 0 Å². The monoisotopic (exact) mass is 436 g/mol. The predicted octanol–water partition coefficient (Wildman–Crippen LogP) is 2.63. The number of alkyl halides is 1. The van der Waals surface area contributed by atoms with E-state index in [0.29, 0.717) is 42.9 Å². The second-order valence-electron chi connectivity index (χ2n) is 8.33. The fraction of sp³-hybridized carbons (Fsp3) is 0.417. The molecule has 0 unspecified atom stereocenters. The Kier molecular flexibility index (Phi) is 6.19. The number of piperidine rings is 1. The standard InChI is InChI=1S/C24H25FN4O3/c1-14-16(3-5-18-19(14)13-32-24(18)31)7-9-29-10-8-21(20(25)12-29)28-23(30)22-6-4-17(11-26)15(2)27-22/h3-6,20-21H,7-10,12-13H2,1-2H3,(H,28,30)/t20-,21+/m0/s1. The van der Waals surface area contributed by atoms with Crippen LogP contribution in [0, 0.1) is 25.2 Å². The van der Waals surface area contributed by atoms with Gasteiger partial charge in [-0.2, -0.15) is 5.26 Å². The van der Waals surface area contributed by atoms with Gasteiger partial charge in [0, 0.05) is 25.2 Å². The van der Waals surface area contributed by atoms with Crippen molar-refractivity contribution in [3.8, 4) is 6.07 Å². The number of esters is 1. The minimum Gasteiger partial charge on any atom is -0.457 e. The van der Waals surface area contributed by atoms with Crippen molar-refractivity contribution < 1.29 is 18.7 Å². The molecule has 2 atom stereocenters. The molecule has 0 bridgehead atoms. The summed E-state index contributed by atoms with van der Waals surface area (Å²) in [6.45, 7) is 5.60. The second-order valence-corrected chi connectivity index (χ2v) is 8.33. The smallest absolute Gasteiger partial charge is 0.338 e. The van der Waals surface area contributed by atoms with Crippen molar-refractivity contribution in [3.63, 3.8) is 0 Å². The van der Waals surface area contributed by atoms with Gasteiger partial charge in [0.1, 0.15) is 24.5 Å². The molecule has 1 N–H and O–H groups in total. The normalized spacial score (nSPS) is 20.4. The summed E-state index contributed by atoms with van der Waals surface area (Å²) < 4.78 is 19.9. The number of pyridine rings is 1. The van der Waals surface area contributed by atoms with E-state index in [0.717, 1.165) is 23.1 Å². The maximum Gasteiger partial charge on any atom is 0.338 e. The molecule has 1 aromatic carbocycles. The number of amides is 1. The number of nitriles is 1. The number of halogens is 1. The molecule has 0 saturated carbocycles. The fourth-order valence-corrected chi connectivity index (χ4v) is 4.33. The van der Waals surface area contributed by atoms with Gasteiger partial charge in [0.25, 0.3) is 5.91 Å². The lowest BCUT2D eigenvalue weighted by molar-refractivity contribution is 0.0534. The molecule has 1 amide bonds. The van der Waals surface area contributed by atoms with Crippen molar-refractivity contribution in [1.29, 1.82) is 5.26 Å². The molecule has 1 aromatic heterocycles. The Balaban J connectivity index is 1.31. The molecule has 3 heterocycles. The van der Waals surface area contributed by atoms with E-state index in [1.807, 2.05) is 25.1 Å². The molecule has 0 aliphatic carbocycles. The zero-order chi connectivity index (χ0) is 22.8. The SMILES string of the molecule is Cc1nc(C(=O)N[C@@H]2CCN(CCc3ccc4c(c3C)COC4=O)C[C@@H]2F)ccc1C#N. The van der Waals surface area contributed by atoms with Crippen LogP contribution in [0.4, 0.5) is 4.39 Å². The third kappa shape index (κ3) is 4.34. The van der Waals surface area contributed by atoms with E-state index in [2.05, 4.69) is 15.2 Å². The largest absolute Gasteiger partial charge is 0.457 e. The van der Waals surface area contributed by atoms with Crippen LogP contribution in [0.25, 0.3) is 0 Å². The van der Waals surface area contributed by atoms with Gasteiger partial charge in [0.05, 0.1) is 22.9 Å². The number of hydrogen-bond acceptors (Lipinski definition) is 6. The van der Waals surface area contributed by atoms with E-state index in [1.54, 1.807) is 13.0 Å². The maximum atomic E-state index is 14.8. The summed E-state index contributed by atoms with van der Waals surface area (Å²) in [5.41, 5.74) is 4.86. The number of aromatic nitrogens is 1. The molecule has 4 rings (SSSR count). The predicted molar refractivity (Wildman–Crippen MR) is 115 cm³/mol. The highest BCUT2D eigenvalue weighted by Gasteiger charge is 2.31. The van der Waals surface area contributed by atoms with E-state index < -0.39 is 18.1 Å². The molecule has 0 spiro atoms. The first-order valence-electron chi connectivity index (χ1n) is 10.7. The molecule has 1 fully saturated rings. The second kappa shape index (κ2) is 9.05. The van der Waals surface area contributed by atoms with Crippen molar-refractivity contribution >= 4 is 11.9 Å². The summed E-state index contributed by atoms with van der Waals surface area (Å²) in [4.78, 5) is 30.4. The van der Waals surface area contributed by atoms with Gasteiger partial charge >= 0.3 is 5.97 Å². The van der Waals surface area contributed by atoms with Gasteiger partial charge in [0.2, 0.25) is 0 Å². The Morgan fingerprint density at radius 2 is 2.16 bits per heavy atom. The zero-order valence-electron chi connectivity index (χ0n) is 18.2. The molecular formula is C24H25FN4O3. The molecule has 8 heteroatoms. The van der Waals surface area contributed by atoms with Crippen molar-refractivity contribution in [2.75, 3.05) is 19.6 Å². The highest BCUT2D eigenvalue weighted by Crippen LogP contribution is 2.26. The minimum absolute atomic E-state index is 0.186. The van der Waals surface area contributed by atoms with Gasteiger partial charge < -0.3 is 10.1 Å². The van der Waals surface area contributed by atoms with Gasteiger partial charge in [-0.1, -0.05) is 6.07 Å². The molecule has 7 nitrogen and oxygen atoms in total. The van der Waals surface area contributed by atoms with Crippen LogP contribution in [0.1, 0.15) is 55.2 Å². The third-order valence-electron chi connectivity index (χ3n) is 6.36. The minimum atomic E-state index is -1.18. The Bertz CT molecular complexity index is 1110. The first-order valence-corrected chi connectivity index (χ1v) is 10.7. The Morgan fingerprint density at radius 3 is 2.88 bits per heavy atom. The van der Waals surface area contributed by atoms with Gasteiger partial charge in [-0.3, -0.25) is 9.69 Å². The zero-order valence-corrected chi connectivity index (χ0v) is 18.2. The van der Waals surface area contributed by atoms with Crippen LogP contribution in [-0.4, -0.2) is 53.6 Å². The summed E-state index contributed by atoms with van der Waals surface area (Å²) in [5.74, 6) is -0.699. The summed E-state index contributed by atoms with van der Waals surface area (Å²) in [5, 5.41) is 11.7. The number of nitrogens with zero attached hydrogens (tertiary/aromatic N) is 3. The first kappa shape index (κ1) is 21.9. The number of nitrogens with one attached hydrogen (secondary N) is 1. The molecule has 2 aromatic rings. The van der Waals surface area contributed by atoms with Crippen LogP contribution in [0.2, 0.25) is 0 Å². The van der Waals surface area contributed by atoms with E-state index in [-0.39, 0.29) is 18.2 Å². The molecule has 2 aliphatic rings. The molecule has 2 aliphatic heterocycles. The van der Waals surface area contributed by atoms with E-state index in [1.165, 1.54) is 6.07 Å². The average molecular weight is 436 g/mol. The highest BCUT2D eigenvalue weighted by molar-refractivity contribution is 5.94. The molecule has 32 heavy (non-hydrogen) atoms. The lowest BCUT2D eigenvalue weighted by Gasteiger charge is -2.35. The fourth-order valence-electron chi connectivity index (χ4n) is 4.33. The number of carbonyl (C=O) groups is 2. The third-order valence-corrected chi connectivity index (χ3v) is 6.36. The highest BCUT2D eigenvalue weighted by atomic mass is 19.1. The summed E-state index contributed by atoms with van der Waals surface area (Å²) in [6.07, 6.45) is 0.0819. The average Bonchev–Trinajstić information content (AvgIpc) is 3.16. The topological polar surface area (TPSA) is 95.3 Å². The number of carbonyl (C=O) groups excluding carboxylic acids is 2. The van der Waals surface area contributed by atoms with Gasteiger partial charge in [-0.25, -0.2) is 14.2 Å². The number of benzene rings is 1. The maximum absolute atomic E-state index is 14.8. The van der Waals surface area contributed by atoms with Crippen molar-refractivity contribution in [2.45, 2.75) is 45.5 Å². The number of rotatable bonds is 5. The van der Waals surface area contributed by atoms with Crippen LogP contribution in [-0.2, 0) is 17.8 Å². The Morgan fingerprint density at radius 1 is 1.34 bits per heavy atom. The molecule has 166 valence electrons. The number of likely N-dealkylation sites (tertiary alicyclic amines) is 1. The van der Waals surface area contributed by atoms with Crippen molar-refractivity contribution in [3.05, 3.63) is 63.5 Å². The summed E-state index contributed by atoms with van der Waals surface area (Å²) in [6, 6.07) is 8.25. The number of ether oxygens (including phenoxy) is 1. The molecule has 1 saturated heterocycles. The van der Waals surface area contributed by atoms with Crippen molar-refractivity contribution in [1.82, 2.24) is 15.2 Å². The molecule has 0 radical (unpaired) electrons. The van der Waals surface area contributed by atoms with Crippen LogP contribution < -0.4 is 5.32 Å². The van der Waals surface area contributed by atoms with E-state index >= 15 is 0 Å². The van der Waals surface area contributed by atoms with Crippen LogP contribution in [0.15, 0.2) is 24.3 Å². The number of hydrogen-bond donors (Lipinski definition) is 1. The van der Waals surface area contributed by atoms with Crippen LogP contribution in [0.5, 0.6) is 0 Å². The number of fused-ring (bicyclic) bond motifs is 1. The lowest BCUT2D eigenvalue weighted by atomic mass is 9.96. The molecular weight excluding hydrogens is 411 g/mol.